The Morgan fingerprint density at radius 2 is 1.90 bits per heavy atom. The van der Waals surface area contributed by atoms with Gasteiger partial charge in [-0.3, -0.25) is 0 Å². The number of anilines is 1. The number of nitrogen functional groups attached to an aromatic ring is 1. The second kappa shape index (κ2) is 6.56. The Kier molecular flexibility index (Phi) is 5.56. The van der Waals surface area contributed by atoms with Crippen LogP contribution in [0.4, 0.5) is 5.69 Å². The third kappa shape index (κ3) is 4.47. The lowest BCUT2D eigenvalue weighted by Gasteiger charge is -2.25. The second-order valence-corrected chi connectivity index (χ2v) is 7.46. The predicted octanol–water partition coefficient (Wildman–Crippen LogP) is 1.44. The number of rotatable bonds is 6. The molecule has 1 aromatic carbocycles. The Morgan fingerprint density at radius 1 is 1.30 bits per heavy atom. The van der Waals surface area contributed by atoms with Gasteiger partial charge in [0.05, 0.1) is 5.69 Å². The molecule has 0 fully saturated rings. The highest BCUT2D eigenvalue weighted by atomic mass is 32.2. The number of sulfonamides is 1. The highest BCUT2D eigenvalue weighted by molar-refractivity contribution is 7.89. The van der Waals surface area contributed by atoms with Crippen LogP contribution in [-0.2, 0) is 10.0 Å². The van der Waals surface area contributed by atoms with Gasteiger partial charge in [0, 0.05) is 12.6 Å². The van der Waals surface area contributed by atoms with E-state index in [2.05, 4.69) is 4.72 Å². The standard InChI is InChI=1S/C14H25N3O2S/c1-10(2)13(9-17(4)5)16-20(18,19)14-7-6-11(3)8-12(14)15/h6-8,10,13,16H,9,15H2,1-5H3. The normalized spacial score (nSPS) is 13.9. The summed E-state index contributed by atoms with van der Waals surface area (Å²) >= 11 is 0. The quantitative estimate of drug-likeness (QED) is 0.779. The van der Waals surface area contributed by atoms with E-state index in [0.717, 1.165) is 5.56 Å². The molecular weight excluding hydrogens is 274 g/mol. The number of benzene rings is 1. The molecular formula is C14H25N3O2S. The number of nitrogens with two attached hydrogens (primary N) is 1. The Labute approximate surface area is 122 Å². The first-order valence-corrected chi connectivity index (χ1v) is 8.15. The van der Waals surface area contributed by atoms with Gasteiger partial charge in [-0.05, 0) is 44.6 Å². The predicted molar refractivity (Wildman–Crippen MR) is 83.1 cm³/mol. The number of nitrogens with zero attached hydrogens (tertiary/aromatic N) is 1. The second-order valence-electron chi connectivity index (χ2n) is 5.78. The molecule has 1 aromatic rings. The van der Waals surface area contributed by atoms with E-state index in [9.17, 15) is 8.42 Å². The molecule has 0 heterocycles. The summed E-state index contributed by atoms with van der Waals surface area (Å²) in [5, 5.41) is 0. The van der Waals surface area contributed by atoms with Crippen molar-refractivity contribution in [2.45, 2.75) is 31.7 Å². The molecule has 0 spiro atoms. The van der Waals surface area contributed by atoms with Gasteiger partial charge >= 0.3 is 0 Å². The first-order chi connectivity index (χ1) is 9.13. The Bertz CT molecular complexity index is 554. The fourth-order valence-electron chi connectivity index (χ4n) is 1.95. The topological polar surface area (TPSA) is 75.4 Å². The molecule has 0 saturated heterocycles. The maximum Gasteiger partial charge on any atom is 0.242 e. The van der Waals surface area contributed by atoms with Crippen LogP contribution in [0.5, 0.6) is 0 Å². The van der Waals surface area contributed by atoms with Crippen LogP contribution in [0.25, 0.3) is 0 Å². The largest absolute Gasteiger partial charge is 0.398 e. The van der Waals surface area contributed by atoms with E-state index in [1.807, 2.05) is 39.8 Å². The molecule has 0 bridgehead atoms. The molecule has 6 heteroatoms. The van der Waals surface area contributed by atoms with Crippen molar-refractivity contribution >= 4 is 15.7 Å². The van der Waals surface area contributed by atoms with Gasteiger partial charge in [0.15, 0.2) is 0 Å². The van der Waals surface area contributed by atoms with E-state index in [0.29, 0.717) is 6.54 Å². The minimum atomic E-state index is -3.60. The fraction of sp³-hybridized carbons (Fsp3) is 0.571. The molecule has 3 N–H and O–H groups in total. The lowest BCUT2D eigenvalue weighted by molar-refractivity contribution is 0.314. The van der Waals surface area contributed by atoms with Crippen molar-refractivity contribution < 1.29 is 8.42 Å². The van der Waals surface area contributed by atoms with Crippen LogP contribution in [0.1, 0.15) is 19.4 Å². The van der Waals surface area contributed by atoms with Crippen molar-refractivity contribution in [2.75, 3.05) is 26.4 Å². The summed E-state index contributed by atoms with van der Waals surface area (Å²) in [6, 6.07) is 4.82. The lowest BCUT2D eigenvalue weighted by atomic mass is 10.1. The van der Waals surface area contributed by atoms with Crippen molar-refractivity contribution in [3.05, 3.63) is 23.8 Å². The molecule has 0 aliphatic heterocycles. The van der Waals surface area contributed by atoms with Crippen LogP contribution in [0.2, 0.25) is 0 Å². The summed E-state index contributed by atoms with van der Waals surface area (Å²) in [6.45, 7) is 6.51. The zero-order chi connectivity index (χ0) is 15.5. The molecule has 114 valence electrons. The molecule has 20 heavy (non-hydrogen) atoms. The molecule has 1 rings (SSSR count). The zero-order valence-electron chi connectivity index (χ0n) is 12.8. The Morgan fingerprint density at radius 3 is 2.35 bits per heavy atom. The first kappa shape index (κ1) is 16.9. The summed E-state index contributed by atoms with van der Waals surface area (Å²) in [4.78, 5) is 2.11. The van der Waals surface area contributed by atoms with Gasteiger partial charge in [-0.15, -0.1) is 0 Å². The zero-order valence-corrected chi connectivity index (χ0v) is 13.7. The smallest absolute Gasteiger partial charge is 0.242 e. The van der Waals surface area contributed by atoms with Gasteiger partial charge < -0.3 is 10.6 Å². The summed E-state index contributed by atoms with van der Waals surface area (Å²) in [6.07, 6.45) is 0. The van der Waals surface area contributed by atoms with Gasteiger partial charge in [0.1, 0.15) is 4.90 Å². The van der Waals surface area contributed by atoms with Crippen LogP contribution in [-0.4, -0.2) is 40.0 Å². The lowest BCUT2D eigenvalue weighted by Crippen LogP contribution is -2.45. The van der Waals surface area contributed by atoms with Crippen LogP contribution >= 0.6 is 0 Å². The number of aryl methyl sites for hydroxylation is 1. The molecule has 0 radical (unpaired) electrons. The number of hydrogen-bond donors (Lipinski definition) is 2. The molecule has 1 unspecified atom stereocenters. The molecule has 0 aliphatic rings. The van der Waals surface area contributed by atoms with Gasteiger partial charge in [0.25, 0.3) is 0 Å². The van der Waals surface area contributed by atoms with Crippen LogP contribution < -0.4 is 10.5 Å². The van der Waals surface area contributed by atoms with E-state index < -0.39 is 10.0 Å². The molecule has 5 nitrogen and oxygen atoms in total. The van der Waals surface area contributed by atoms with Crippen molar-refractivity contribution in [1.29, 1.82) is 0 Å². The average molecular weight is 299 g/mol. The SMILES string of the molecule is Cc1ccc(S(=O)(=O)NC(CN(C)C)C(C)C)c(N)c1. The third-order valence-electron chi connectivity index (χ3n) is 3.13. The minimum absolute atomic E-state index is 0.146. The van der Waals surface area contributed by atoms with Crippen LogP contribution in [0.3, 0.4) is 0 Å². The first-order valence-electron chi connectivity index (χ1n) is 6.66. The Balaban J connectivity index is 3.03. The molecule has 1 atom stereocenters. The summed E-state index contributed by atoms with van der Waals surface area (Å²) < 4.78 is 27.7. The van der Waals surface area contributed by atoms with Gasteiger partial charge in [0.2, 0.25) is 10.0 Å². The third-order valence-corrected chi connectivity index (χ3v) is 4.69. The van der Waals surface area contributed by atoms with Crippen LogP contribution in [0, 0.1) is 12.8 Å². The van der Waals surface area contributed by atoms with Crippen LogP contribution in [0.15, 0.2) is 23.1 Å². The molecule has 0 aliphatic carbocycles. The van der Waals surface area contributed by atoms with Gasteiger partial charge in [-0.2, -0.15) is 0 Å². The minimum Gasteiger partial charge on any atom is -0.398 e. The van der Waals surface area contributed by atoms with E-state index in [-0.39, 0.29) is 22.5 Å². The van der Waals surface area contributed by atoms with Gasteiger partial charge in [-0.1, -0.05) is 19.9 Å². The van der Waals surface area contributed by atoms with E-state index in [4.69, 9.17) is 5.73 Å². The fourth-order valence-corrected chi connectivity index (χ4v) is 3.44. The molecule has 0 amide bonds. The van der Waals surface area contributed by atoms with E-state index in [1.165, 1.54) is 0 Å². The van der Waals surface area contributed by atoms with Crippen molar-refractivity contribution in [3.63, 3.8) is 0 Å². The highest BCUT2D eigenvalue weighted by Crippen LogP contribution is 2.20. The number of hydrogen-bond acceptors (Lipinski definition) is 4. The molecule has 0 saturated carbocycles. The van der Waals surface area contributed by atoms with E-state index in [1.54, 1.807) is 18.2 Å². The molecule has 0 aromatic heterocycles. The number of likely N-dealkylation sites (N-methyl/N-ethyl adjacent to an activating group) is 1. The summed E-state index contributed by atoms with van der Waals surface area (Å²) in [7, 11) is 0.242. The number of nitrogens with one attached hydrogen (secondary N) is 1. The highest BCUT2D eigenvalue weighted by Gasteiger charge is 2.24. The Hall–Kier alpha value is -1.11. The average Bonchev–Trinajstić information content (AvgIpc) is 2.26. The van der Waals surface area contributed by atoms with Crippen molar-refractivity contribution in [3.8, 4) is 0 Å². The summed E-state index contributed by atoms with van der Waals surface area (Å²) in [5.74, 6) is 0.193. The maximum atomic E-state index is 12.5. The van der Waals surface area contributed by atoms with Gasteiger partial charge in [-0.25, -0.2) is 13.1 Å². The van der Waals surface area contributed by atoms with Crippen molar-refractivity contribution in [2.24, 2.45) is 5.92 Å². The van der Waals surface area contributed by atoms with Crippen molar-refractivity contribution in [1.82, 2.24) is 9.62 Å². The van der Waals surface area contributed by atoms with E-state index >= 15 is 0 Å². The monoisotopic (exact) mass is 299 g/mol. The maximum absolute atomic E-state index is 12.5. The summed E-state index contributed by atoms with van der Waals surface area (Å²) in [5.41, 5.74) is 7.05.